The van der Waals surface area contributed by atoms with Crippen LogP contribution in [0.5, 0.6) is 0 Å². The van der Waals surface area contributed by atoms with E-state index in [0.717, 1.165) is 6.42 Å². The number of aliphatic hydroxyl groups is 1. The molecule has 1 rings (SSSR count). The molecule has 0 aromatic carbocycles. The van der Waals surface area contributed by atoms with Crippen LogP contribution >= 0.6 is 0 Å². The van der Waals surface area contributed by atoms with E-state index in [1.165, 1.54) is 5.56 Å². The van der Waals surface area contributed by atoms with Crippen molar-refractivity contribution in [3.63, 3.8) is 0 Å². The second-order valence-electron chi connectivity index (χ2n) is 2.73. The molecule has 1 aromatic heterocycles. The van der Waals surface area contributed by atoms with Crippen LogP contribution in [-0.2, 0) is 6.42 Å². The summed E-state index contributed by atoms with van der Waals surface area (Å²) in [5.41, 5.74) is 1.19. The lowest BCUT2D eigenvalue weighted by Crippen LogP contribution is -2.31. The van der Waals surface area contributed by atoms with Crippen molar-refractivity contribution in [1.82, 2.24) is 10.3 Å². The highest BCUT2D eigenvalue weighted by Gasteiger charge is 2.03. The zero-order valence-electron chi connectivity index (χ0n) is 7.20. The predicted molar refractivity (Wildman–Crippen MR) is 47.9 cm³/mol. The van der Waals surface area contributed by atoms with Crippen molar-refractivity contribution >= 4 is 0 Å². The predicted octanol–water partition coefficient (Wildman–Crippen LogP) is 0.204. The third kappa shape index (κ3) is 2.60. The zero-order valence-corrected chi connectivity index (χ0v) is 7.20. The average molecular weight is 166 g/mol. The van der Waals surface area contributed by atoms with E-state index in [-0.39, 0.29) is 12.6 Å². The molecule has 1 heterocycles. The van der Waals surface area contributed by atoms with Crippen molar-refractivity contribution in [1.29, 1.82) is 0 Å². The smallest absolute Gasteiger partial charge is 0.0587 e. The number of aliphatic hydroxyl groups excluding tert-OH is 1. The Morgan fingerprint density at radius 1 is 1.50 bits per heavy atom. The van der Waals surface area contributed by atoms with E-state index >= 15 is 0 Å². The summed E-state index contributed by atoms with van der Waals surface area (Å²) >= 11 is 0. The molecule has 0 radical (unpaired) electrons. The topological polar surface area (TPSA) is 45.1 Å². The maximum atomic E-state index is 8.91. The molecular weight excluding hydrogens is 152 g/mol. The molecule has 0 aliphatic rings. The average Bonchev–Trinajstić information content (AvgIpc) is 2.16. The number of nitrogens with zero attached hydrogens (tertiary/aromatic N) is 1. The SMILES string of the molecule is CNC(CO)Cc1ccncc1. The van der Waals surface area contributed by atoms with Crippen LogP contribution in [0.2, 0.25) is 0 Å². The summed E-state index contributed by atoms with van der Waals surface area (Å²) in [6, 6.07) is 4.06. The van der Waals surface area contributed by atoms with Crippen LogP contribution < -0.4 is 5.32 Å². The Balaban J connectivity index is 2.51. The van der Waals surface area contributed by atoms with Gasteiger partial charge in [0.25, 0.3) is 0 Å². The van der Waals surface area contributed by atoms with Gasteiger partial charge in [0.1, 0.15) is 0 Å². The lowest BCUT2D eigenvalue weighted by molar-refractivity contribution is 0.248. The van der Waals surface area contributed by atoms with E-state index in [0.29, 0.717) is 0 Å². The molecule has 0 aliphatic carbocycles. The molecule has 12 heavy (non-hydrogen) atoms. The van der Waals surface area contributed by atoms with Crippen molar-refractivity contribution in [3.8, 4) is 0 Å². The van der Waals surface area contributed by atoms with E-state index < -0.39 is 0 Å². The van der Waals surface area contributed by atoms with Crippen LogP contribution in [0.15, 0.2) is 24.5 Å². The number of aromatic nitrogens is 1. The molecule has 2 N–H and O–H groups in total. The van der Waals surface area contributed by atoms with Gasteiger partial charge in [0, 0.05) is 18.4 Å². The Hall–Kier alpha value is -0.930. The molecule has 0 saturated heterocycles. The first-order chi connectivity index (χ1) is 5.86. The quantitative estimate of drug-likeness (QED) is 0.672. The van der Waals surface area contributed by atoms with Gasteiger partial charge in [-0.25, -0.2) is 0 Å². The van der Waals surface area contributed by atoms with Crippen LogP contribution in [-0.4, -0.2) is 29.8 Å². The third-order valence-electron chi connectivity index (χ3n) is 1.86. The van der Waals surface area contributed by atoms with Gasteiger partial charge in [-0.15, -0.1) is 0 Å². The first kappa shape index (κ1) is 9.16. The van der Waals surface area contributed by atoms with Gasteiger partial charge in [-0.3, -0.25) is 4.98 Å². The summed E-state index contributed by atoms with van der Waals surface area (Å²) in [5, 5.41) is 11.9. The van der Waals surface area contributed by atoms with E-state index in [1.807, 2.05) is 19.2 Å². The summed E-state index contributed by atoms with van der Waals surface area (Å²) in [7, 11) is 1.85. The van der Waals surface area contributed by atoms with Crippen LogP contribution in [0.4, 0.5) is 0 Å². The second kappa shape index (κ2) is 4.85. The molecule has 1 aromatic rings. The van der Waals surface area contributed by atoms with Gasteiger partial charge < -0.3 is 10.4 Å². The Labute approximate surface area is 72.5 Å². The number of pyridine rings is 1. The molecule has 0 bridgehead atoms. The minimum absolute atomic E-state index is 0.146. The fourth-order valence-electron chi connectivity index (χ4n) is 1.06. The summed E-state index contributed by atoms with van der Waals surface area (Å²) in [6.45, 7) is 0.165. The van der Waals surface area contributed by atoms with Crippen LogP contribution in [0.25, 0.3) is 0 Å². The maximum absolute atomic E-state index is 8.91. The second-order valence-corrected chi connectivity index (χ2v) is 2.73. The van der Waals surface area contributed by atoms with Crippen molar-refractivity contribution < 1.29 is 5.11 Å². The van der Waals surface area contributed by atoms with Crippen LogP contribution in [0.3, 0.4) is 0 Å². The summed E-state index contributed by atoms with van der Waals surface area (Å²) in [6.07, 6.45) is 4.37. The number of rotatable bonds is 4. The van der Waals surface area contributed by atoms with Crippen molar-refractivity contribution in [2.75, 3.05) is 13.7 Å². The lowest BCUT2D eigenvalue weighted by Gasteiger charge is -2.12. The van der Waals surface area contributed by atoms with Crippen LogP contribution in [0, 0.1) is 0 Å². The Morgan fingerprint density at radius 3 is 2.67 bits per heavy atom. The first-order valence-electron chi connectivity index (χ1n) is 4.04. The van der Waals surface area contributed by atoms with Crippen molar-refractivity contribution in [2.24, 2.45) is 0 Å². The molecule has 3 nitrogen and oxygen atoms in total. The largest absolute Gasteiger partial charge is 0.395 e. The van der Waals surface area contributed by atoms with Gasteiger partial charge in [0.05, 0.1) is 6.61 Å². The number of likely N-dealkylation sites (N-methyl/N-ethyl adjacent to an activating group) is 1. The molecule has 1 atom stereocenters. The molecule has 0 fully saturated rings. The van der Waals surface area contributed by atoms with Gasteiger partial charge in [0.15, 0.2) is 0 Å². The normalized spacial score (nSPS) is 12.8. The number of nitrogens with one attached hydrogen (secondary N) is 1. The highest BCUT2D eigenvalue weighted by molar-refractivity contribution is 5.11. The first-order valence-corrected chi connectivity index (χ1v) is 4.04. The number of hydrogen-bond acceptors (Lipinski definition) is 3. The summed E-state index contributed by atoms with van der Waals surface area (Å²) in [4.78, 5) is 3.92. The molecule has 0 aliphatic heterocycles. The van der Waals surface area contributed by atoms with E-state index in [2.05, 4.69) is 10.3 Å². The Bertz CT molecular complexity index is 209. The van der Waals surface area contributed by atoms with E-state index in [1.54, 1.807) is 12.4 Å². The Morgan fingerprint density at radius 2 is 2.17 bits per heavy atom. The molecule has 66 valence electrons. The molecule has 0 amide bonds. The molecule has 3 heteroatoms. The lowest BCUT2D eigenvalue weighted by atomic mass is 10.1. The Kier molecular flexibility index (Phi) is 3.70. The third-order valence-corrected chi connectivity index (χ3v) is 1.86. The minimum atomic E-state index is 0.146. The summed E-state index contributed by atoms with van der Waals surface area (Å²) in [5.74, 6) is 0. The summed E-state index contributed by atoms with van der Waals surface area (Å²) < 4.78 is 0. The molecule has 1 unspecified atom stereocenters. The highest BCUT2D eigenvalue weighted by atomic mass is 16.3. The zero-order chi connectivity index (χ0) is 8.81. The maximum Gasteiger partial charge on any atom is 0.0587 e. The van der Waals surface area contributed by atoms with Crippen LogP contribution in [0.1, 0.15) is 5.56 Å². The highest BCUT2D eigenvalue weighted by Crippen LogP contribution is 2.00. The van der Waals surface area contributed by atoms with Gasteiger partial charge in [-0.1, -0.05) is 0 Å². The van der Waals surface area contributed by atoms with Gasteiger partial charge in [-0.05, 0) is 31.2 Å². The molecule has 0 saturated carbocycles. The molecule has 0 spiro atoms. The monoisotopic (exact) mass is 166 g/mol. The van der Waals surface area contributed by atoms with E-state index in [4.69, 9.17) is 5.11 Å². The van der Waals surface area contributed by atoms with Crippen molar-refractivity contribution in [3.05, 3.63) is 30.1 Å². The fourth-order valence-corrected chi connectivity index (χ4v) is 1.06. The minimum Gasteiger partial charge on any atom is -0.395 e. The standard InChI is InChI=1S/C9H14N2O/c1-10-9(7-12)6-8-2-4-11-5-3-8/h2-5,9-10,12H,6-7H2,1H3. The van der Waals surface area contributed by atoms with Crippen molar-refractivity contribution in [2.45, 2.75) is 12.5 Å². The number of hydrogen-bond donors (Lipinski definition) is 2. The molecular formula is C9H14N2O. The van der Waals surface area contributed by atoms with Gasteiger partial charge in [0.2, 0.25) is 0 Å². The fraction of sp³-hybridized carbons (Fsp3) is 0.444. The van der Waals surface area contributed by atoms with Gasteiger partial charge >= 0.3 is 0 Å². The van der Waals surface area contributed by atoms with Gasteiger partial charge in [-0.2, -0.15) is 0 Å². The van der Waals surface area contributed by atoms with E-state index in [9.17, 15) is 0 Å².